The predicted molar refractivity (Wildman–Crippen MR) is 53.9 cm³/mol. The van der Waals surface area contributed by atoms with Gasteiger partial charge in [0.2, 0.25) is 0 Å². The molecule has 0 aliphatic heterocycles. The zero-order valence-corrected chi connectivity index (χ0v) is 8.20. The molecular formula is C9H9FN2S. The van der Waals surface area contributed by atoms with Gasteiger partial charge in [-0.25, -0.2) is 9.37 Å². The van der Waals surface area contributed by atoms with Crippen molar-refractivity contribution in [3.63, 3.8) is 0 Å². The highest BCUT2D eigenvalue weighted by Crippen LogP contribution is 2.27. The molecule has 2 nitrogen and oxygen atoms in total. The molecule has 0 saturated carbocycles. The van der Waals surface area contributed by atoms with Crippen LogP contribution in [0, 0.1) is 12.7 Å². The van der Waals surface area contributed by atoms with Gasteiger partial charge < -0.3 is 5.32 Å². The zero-order chi connectivity index (χ0) is 9.42. The van der Waals surface area contributed by atoms with E-state index in [4.69, 9.17) is 0 Å². The standard InChI is InChI=1S/C9H9FN2S/c1-5-3-7-8(4-6(5)10)13-9(11-2)12-7/h3-4H,1-2H3,(H,11,12). The van der Waals surface area contributed by atoms with Gasteiger partial charge in [0.1, 0.15) is 5.82 Å². The number of thiazole rings is 1. The Morgan fingerprint density at radius 2 is 2.23 bits per heavy atom. The molecule has 0 unspecified atom stereocenters. The van der Waals surface area contributed by atoms with Crippen molar-refractivity contribution in [2.45, 2.75) is 6.92 Å². The quantitative estimate of drug-likeness (QED) is 0.758. The van der Waals surface area contributed by atoms with Crippen LogP contribution in [0.25, 0.3) is 10.2 Å². The van der Waals surface area contributed by atoms with E-state index in [1.54, 1.807) is 20.0 Å². The van der Waals surface area contributed by atoms with Gasteiger partial charge in [-0.3, -0.25) is 0 Å². The van der Waals surface area contributed by atoms with E-state index in [9.17, 15) is 4.39 Å². The Morgan fingerprint density at radius 3 is 2.92 bits per heavy atom. The molecule has 2 aromatic rings. The number of hydrogen-bond donors (Lipinski definition) is 1. The maximum absolute atomic E-state index is 13.1. The van der Waals surface area contributed by atoms with Crippen LogP contribution < -0.4 is 5.32 Å². The second kappa shape index (κ2) is 2.96. The fraction of sp³-hybridized carbons (Fsp3) is 0.222. The summed E-state index contributed by atoms with van der Waals surface area (Å²) in [7, 11) is 1.81. The molecule has 1 heterocycles. The minimum atomic E-state index is -0.168. The van der Waals surface area contributed by atoms with Crippen LogP contribution in [-0.4, -0.2) is 12.0 Å². The van der Waals surface area contributed by atoms with E-state index in [-0.39, 0.29) is 5.82 Å². The van der Waals surface area contributed by atoms with Gasteiger partial charge in [0.25, 0.3) is 0 Å². The Hall–Kier alpha value is -1.16. The number of halogens is 1. The Labute approximate surface area is 79.4 Å². The maximum atomic E-state index is 13.1. The van der Waals surface area contributed by atoms with Crippen LogP contribution in [0.2, 0.25) is 0 Å². The van der Waals surface area contributed by atoms with E-state index in [0.29, 0.717) is 5.56 Å². The molecule has 68 valence electrons. The predicted octanol–water partition coefficient (Wildman–Crippen LogP) is 2.79. The third-order valence-corrected chi connectivity index (χ3v) is 2.92. The molecule has 1 aromatic heterocycles. The molecule has 0 aliphatic carbocycles. The summed E-state index contributed by atoms with van der Waals surface area (Å²) in [6.45, 7) is 1.74. The van der Waals surface area contributed by atoms with Crippen LogP contribution in [0.15, 0.2) is 12.1 Å². The Bertz CT molecular complexity index is 411. The maximum Gasteiger partial charge on any atom is 0.183 e. The topological polar surface area (TPSA) is 24.9 Å². The van der Waals surface area contributed by atoms with Gasteiger partial charge in [-0.2, -0.15) is 0 Å². The molecule has 0 saturated heterocycles. The number of hydrogen-bond acceptors (Lipinski definition) is 3. The van der Waals surface area contributed by atoms with Crippen LogP contribution in [-0.2, 0) is 0 Å². The molecule has 13 heavy (non-hydrogen) atoms. The molecular weight excluding hydrogens is 187 g/mol. The van der Waals surface area contributed by atoms with Crippen molar-refractivity contribution in [2.75, 3.05) is 12.4 Å². The number of nitrogens with one attached hydrogen (secondary N) is 1. The van der Waals surface area contributed by atoms with Crippen molar-refractivity contribution in [1.29, 1.82) is 0 Å². The molecule has 4 heteroatoms. The van der Waals surface area contributed by atoms with Gasteiger partial charge in [0.15, 0.2) is 5.13 Å². The molecule has 1 aromatic carbocycles. The second-order valence-corrected chi connectivity index (χ2v) is 3.87. The lowest BCUT2D eigenvalue weighted by molar-refractivity contribution is 0.620. The molecule has 1 N–H and O–H groups in total. The number of rotatable bonds is 1. The summed E-state index contributed by atoms with van der Waals surface area (Å²) in [6.07, 6.45) is 0. The van der Waals surface area contributed by atoms with Gasteiger partial charge in [0, 0.05) is 7.05 Å². The minimum absolute atomic E-state index is 0.168. The first-order chi connectivity index (χ1) is 6.20. The van der Waals surface area contributed by atoms with Crippen molar-refractivity contribution in [1.82, 2.24) is 4.98 Å². The lowest BCUT2D eigenvalue weighted by Crippen LogP contribution is -1.84. The first-order valence-electron chi connectivity index (χ1n) is 3.95. The molecule has 0 amide bonds. The van der Waals surface area contributed by atoms with Crippen molar-refractivity contribution in [2.24, 2.45) is 0 Å². The normalized spacial score (nSPS) is 10.7. The number of nitrogens with zero attached hydrogens (tertiary/aromatic N) is 1. The molecule has 0 atom stereocenters. The van der Waals surface area contributed by atoms with E-state index < -0.39 is 0 Å². The van der Waals surface area contributed by atoms with Gasteiger partial charge in [-0.15, -0.1) is 0 Å². The van der Waals surface area contributed by atoms with Gasteiger partial charge in [-0.1, -0.05) is 11.3 Å². The summed E-state index contributed by atoms with van der Waals surface area (Å²) in [5, 5.41) is 3.76. The van der Waals surface area contributed by atoms with Gasteiger partial charge >= 0.3 is 0 Å². The summed E-state index contributed by atoms with van der Waals surface area (Å²) in [5.74, 6) is -0.168. The molecule has 0 spiro atoms. The van der Waals surface area contributed by atoms with Crippen LogP contribution in [0.4, 0.5) is 9.52 Å². The summed E-state index contributed by atoms with van der Waals surface area (Å²) in [4.78, 5) is 4.27. The monoisotopic (exact) mass is 196 g/mol. The minimum Gasteiger partial charge on any atom is -0.365 e. The van der Waals surface area contributed by atoms with Crippen LogP contribution in [0.5, 0.6) is 0 Å². The first-order valence-corrected chi connectivity index (χ1v) is 4.77. The first kappa shape index (κ1) is 8.44. The Balaban J connectivity index is 2.70. The highest BCUT2D eigenvalue weighted by atomic mass is 32.1. The summed E-state index contributed by atoms with van der Waals surface area (Å²) >= 11 is 1.46. The van der Waals surface area contributed by atoms with Crippen molar-refractivity contribution < 1.29 is 4.39 Å². The van der Waals surface area contributed by atoms with E-state index in [2.05, 4.69) is 10.3 Å². The highest BCUT2D eigenvalue weighted by molar-refractivity contribution is 7.22. The summed E-state index contributed by atoms with van der Waals surface area (Å²) in [5.41, 5.74) is 1.49. The van der Waals surface area contributed by atoms with E-state index in [0.717, 1.165) is 15.3 Å². The average Bonchev–Trinajstić information content (AvgIpc) is 2.48. The molecule has 0 radical (unpaired) electrons. The lowest BCUT2D eigenvalue weighted by atomic mass is 10.2. The SMILES string of the molecule is CNc1nc2cc(C)c(F)cc2s1. The smallest absolute Gasteiger partial charge is 0.183 e. The number of aryl methyl sites for hydroxylation is 1. The van der Waals surface area contributed by atoms with Crippen molar-refractivity contribution in [3.05, 3.63) is 23.5 Å². The number of anilines is 1. The largest absolute Gasteiger partial charge is 0.365 e. The molecule has 0 bridgehead atoms. The van der Waals surface area contributed by atoms with Crippen LogP contribution in [0.1, 0.15) is 5.56 Å². The Morgan fingerprint density at radius 1 is 1.46 bits per heavy atom. The second-order valence-electron chi connectivity index (χ2n) is 2.84. The zero-order valence-electron chi connectivity index (χ0n) is 7.39. The molecule has 0 aliphatic rings. The summed E-state index contributed by atoms with van der Waals surface area (Å²) < 4.78 is 14.0. The number of aromatic nitrogens is 1. The van der Waals surface area contributed by atoms with E-state index >= 15 is 0 Å². The fourth-order valence-electron chi connectivity index (χ4n) is 1.16. The third-order valence-electron chi connectivity index (χ3n) is 1.88. The van der Waals surface area contributed by atoms with Crippen molar-refractivity contribution >= 4 is 26.7 Å². The Kier molecular flexibility index (Phi) is 1.92. The number of benzene rings is 1. The van der Waals surface area contributed by atoms with Crippen LogP contribution >= 0.6 is 11.3 Å². The fourth-order valence-corrected chi connectivity index (χ4v) is 1.99. The van der Waals surface area contributed by atoms with Gasteiger partial charge in [0.05, 0.1) is 10.2 Å². The summed E-state index contributed by atoms with van der Waals surface area (Å²) in [6, 6.07) is 3.30. The average molecular weight is 196 g/mol. The van der Waals surface area contributed by atoms with E-state index in [1.807, 2.05) is 0 Å². The third kappa shape index (κ3) is 1.37. The van der Waals surface area contributed by atoms with Gasteiger partial charge in [-0.05, 0) is 24.6 Å². The molecule has 2 rings (SSSR count). The number of fused-ring (bicyclic) bond motifs is 1. The van der Waals surface area contributed by atoms with Crippen LogP contribution in [0.3, 0.4) is 0 Å². The highest BCUT2D eigenvalue weighted by Gasteiger charge is 2.05. The molecule has 0 fully saturated rings. The van der Waals surface area contributed by atoms with Crippen molar-refractivity contribution in [3.8, 4) is 0 Å². The van der Waals surface area contributed by atoms with E-state index in [1.165, 1.54) is 17.4 Å². The lowest BCUT2D eigenvalue weighted by Gasteiger charge is -1.93.